The molecule has 0 heterocycles. The van der Waals surface area contributed by atoms with Gasteiger partial charge in [0.1, 0.15) is 0 Å². The molecule has 21 heavy (non-hydrogen) atoms. The van der Waals surface area contributed by atoms with Gasteiger partial charge in [0.15, 0.2) is 0 Å². The summed E-state index contributed by atoms with van der Waals surface area (Å²) in [6.45, 7) is 3.71. The summed E-state index contributed by atoms with van der Waals surface area (Å²) in [5, 5.41) is 0. The van der Waals surface area contributed by atoms with Crippen molar-refractivity contribution in [2.24, 2.45) is 0 Å². The van der Waals surface area contributed by atoms with Gasteiger partial charge in [-0.2, -0.15) is 0 Å². The molecule has 0 atom stereocenters. The second-order valence-corrected chi connectivity index (χ2v) is 5.74. The first-order valence-electron chi connectivity index (χ1n) is 8.70. The van der Waals surface area contributed by atoms with E-state index in [1.165, 1.54) is 63.4 Å². The Hall–Kier alpha value is -1.08. The van der Waals surface area contributed by atoms with Gasteiger partial charge < -0.3 is 4.74 Å². The van der Waals surface area contributed by atoms with Crippen molar-refractivity contribution in [1.29, 1.82) is 0 Å². The third kappa shape index (κ3) is 11.3. The topological polar surface area (TPSA) is 9.23 Å². The molecule has 0 fully saturated rings. The fraction of sp³-hybridized carbons (Fsp3) is 0.600. The van der Waals surface area contributed by atoms with Crippen LogP contribution in [0.2, 0.25) is 0 Å². The molecule has 0 aliphatic carbocycles. The van der Waals surface area contributed by atoms with Crippen LogP contribution in [0, 0.1) is 0 Å². The van der Waals surface area contributed by atoms with Gasteiger partial charge in [-0.1, -0.05) is 94.4 Å². The molecule has 0 radical (unpaired) electrons. The zero-order valence-electron chi connectivity index (χ0n) is 13.7. The lowest BCUT2D eigenvalue weighted by Gasteiger charge is -2.01. The molecular weight excluding hydrogens is 256 g/mol. The number of hydrogen-bond acceptors (Lipinski definition) is 1. The smallest absolute Gasteiger partial charge is 0.0721 e. The minimum absolute atomic E-state index is 0.711. The summed E-state index contributed by atoms with van der Waals surface area (Å²) < 4.78 is 5.62. The van der Waals surface area contributed by atoms with Gasteiger partial charge in [-0.15, -0.1) is 0 Å². The Balaban J connectivity index is 1.83. The fourth-order valence-corrected chi connectivity index (χ4v) is 2.40. The van der Waals surface area contributed by atoms with E-state index in [1.54, 1.807) is 0 Å². The summed E-state index contributed by atoms with van der Waals surface area (Å²) in [6, 6.07) is 10.3. The molecule has 1 heteroatoms. The van der Waals surface area contributed by atoms with E-state index in [-0.39, 0.29) is 0 Å². The first kappa shape index (κ1) is 18.0. The van der Waals surface area contributed by atoms with Crippen LogP contribution in [0.5, 0.6) is 0 Å². The van der Waals surface area contributed by atoms with Gasteiger partial charge in [0, 0.05) is 0 Å². The second-order valence-electron chi connectivity index (χ2n) is 5.74. The highest BCUT2D eigenvalue weighted by atomic mass is 16.5. The standard InChI is InChI=1S/C20H32O/c1-2-3-4-5-6-7-8-9-10-11-15-18-21-19-20-16-13-12-14-17-20/h11-17H,2-10,18-19H2,1H3/b15-11+. The third-order valence-corrected chi connectivity index (χ3v) is 3.72. The summed E-state index contributed by atoms with van der Waals surface area (Å²) in [5.74, 6) is 0. The van der Waals surface area contributed by atoms with Crippen LogP contribution in [0.4, 0.5) is 0 Å². The average Bonchev–Trinajstić information content (AvgIpc) is 2.53. The molecule has 0 N–H and O–H groups in total. The maximum absolute atomic E-state index is 5.62. The minimum Gasteiger partial charge on any atom is -0.373 e. The van der Waals surface area contributed by atoms with Gasteiger partial charge in [0.2, 0.25) is 0 Å². The van der Waals surface area contributed by atoms with Gasteiger partial charge in [-0.3, -0.25) is 0 Å². The van der Waals surface area contributed by atoms with Crippen molar-refractivity contribution in [3.05, 3.63) is 48.0 Å². The molecule has 0 bridgehead atoms. The monoisotopic (exact) mass is 288 g/mol. The highest BCUT2D eigenvalue weighted by Gasteiger charge is 1.91. The maximum Gasteiger partial charge on any atom is 0.0721 e. The lowest BCUT2D eigenvalue weighted by molar-refractivity contribution is 0.148. The molecule has 0 saturated heterocycles. The highest BCUT2D eigenvalue weighted by molar-refractivity contribution is 5.13. The summed E-state index contributed by atoms with van der Waals surface area (Å²) in [4.78, 5) is 0. The molecule has 0 saturated carbocycles. The Labute approximate surface area is 131 Å². The Morgan fingerprint density at radius 3 is 2.19 bits per heavy atom. The second kappa shape index (κ2) is 13.9. The molecule has 1 aromatic carbocycles. The van der Waals surface area contributed by atoms with E-state index in [4.69, 9.17) is 4.74 Å². The van der Waals surface area contributed by atoms with Crippen molar-refractivity contribution in [2.45, 2.75) is 71.3 Å². The number of allylic oxidation sites excluding steroid dienone is 1. The highest BCUT2D eigenvalue weighted by Crippen LogP contribution is 2.09. The van der Waals surface area contributed by atoms with E-state index in [0.29, 0.717) is 6.61 Å². The van der Waals surface area contributed by atoms with E-state index < -0.39 is 0 Å². The Morgan fingerprint density at radius 1 is 0.810 bits per heavy atom. The quantitative estimate of drug-likeness (QED) is 0.306. The van der Waals surface area contributed by atoms with Crippen molar-refractivity contribution >= 4 is 0 Å². The predicted molar refractivity (Wildman–Crippen MR) is 92.5 cm³/mol. The molecule has 118 valence electrons. The number of ether oxygens (including phenoxy) is 1. The van der Waals surface area contributed by atoms with Crippen molar-refractivity contribution in [2.75, 3.05) is 6.61 Å². The first-order valence-corrected chi connectivity index (χ1v) is 8.70. The van der Waals surface area contributed by atoms with Gasteiger partial charge in [-0.05, 0) is 18.4 Å². The van der Waals surface area contributed by atoms with Gasteiger partial charge in [0.25, 0.3) is 0 Å². The number of unbranched alkanes of at least 4 members (excludes halogenated alkanes) is 8. The van der Waals surface area contributed by atoms with Crippen LogP contribution in [0.25, 0.3) is 0 Å². The summed E-state index contributed by atoms with van der Waals surface area (Å²) in [7, 11) is 0. The Morgan fingerprint density at radius 2 is 1.48 bits per heavy atom. The van der Waals surface area contributed by atoms with Crippen molar-refractivity contribution in [1.82, 2.24) is 0 Å². The molecule has 1 nitrogen and oxygen atoms in total. The summed E-state index contributed by atoms with van der Waals surface area (Å²) >= 11 is 0. The molecule has 0 unspecified atom stereocenters. The molecule has 0 aliphatic heterocycles. The summed E-state index contributed by atoms with van der Waals surface area (Å²) in [6.07, 6.45) is 16.8. The van der Waals surface area contributed by atoms with Crippen LogP contribution >= 0.6 is 0 Å². The van der Waals surface area contributed by atoms with E-state index in [9.17, 15) is 0 Å². The van der Waals surface area contributed by atoms with E-state index in [0.717, 1.165) is 6.61 Å². The van der Waals surface area contributed by atoms with Crippen LogP contribution < -0.4 is 0 Å². The van der Waals surface area contributed by atoms with Crippen LogP contribution in [0.1, 0.15) is 70.3 Å². The van der Waals surface area contributed by atoms with E-state index in [1.807, 2.05) is 6.07 Å². The number of hydrogen-bond donors (Lipinski definition) is 0. The van der Waals surface area contributed by atoms with Crippen LogP contribution in [0.15, 0.2) is 42.5 Å². The molecule has 1 rings (SSSR count). The van der Waals surface area contributed by atoms with E-state index >= 15 is 0 Å². The molecule has 0 amide bonds. The first-order chi connectivity index (χ1) is 10.4. The van der Waals surface area contributed by atoms with Gasteiger partial charge >= 0.3 is 0 Å². The van der Waals surface area contributed by atoms with Gasteiger partial charge in [-0.25, -0.2) is 0 Å². The van der Waals surface area contributed by atoms with E-state index in [2.05, 4.69) is 43.3 Å². The van der Waals surface area contributed by atoms with Crippen molar-refractivity contribution in [3.8, 4) is 0 Å². The SMILES string of the molecule is CCCCCCCCCC/C=C/COCc1ccccc1. The van der Waals surface area contributed by atoms with Crippen LogP contribution in [0.3, 0.4) is 0 Å². The third-order valence-electron chi connectivity index (χ3n) is 3.72. The molecule has 1 aromatic rings. The number of rotatable bonds is 13. The van der Waals surface area contributed by atoms with Crippen molar-refractivity contribution in [3.63, 3.8) is 0 Å². The fourth-order valence-electron chi connectivity index (χ4n) is 2.40. The average molecular weight is 288 g/mol. The number of benzene rings is 1. The Kier molecular flexibility index (Phi) is 11.9. The van der Waals surface area contributed by atoms with Crippen LogP contribution in [-0.4, -0.2) is 6.61 Å². The summed E-state index contributed by atoms with van der Waals surface area (Å²) in [5.41, 5.74) is 1.24. The maximum atomic E-state index is 5.62. The lowest BCUT2D eigenvalue weighted by Crippen LogP contribution is -1.92. The molecular formula is C20H32O. The molecule has 0 aliphatic rings. The molecule has 0 aromatic heterocycles. The van der Waals surface area contributed by atoms with Gasteiger partial charge in [0.05, 0.1) is 13.2 Å². The molecule has 0 spiro atoms. The predicted octanol–water partition coefficient (Wildman–Crippen LogP) is 6.29. The lowest BCUT2D eigenvalue weighted by atomic mass is 10.1. The largest absolute Gasteiger partial charge is 0.373 e. The van der Waals surface area contributed by atoms with Crippen molar-refractivity contribution < 1.29 is 4.74 Å². The zero-order chi connectivity index (χ0) is 15.0. The minimum atomic E-state index is 0.711. The zero-order valence-corrected chi connectivity index (χ0v) is 13.7. The Bertz CT molecular complexity index is 342. The van der Waals surface area contributed by atoms with Crippen LogP contribution in [-0.2, 0) is 11.3 Å². The normalized spacial score (nSPS) is 11.3.